The molecule has 1 atom stereocenters. The smallest absolute Gasteiger partial charge is 0.305 e. The van der Waals surface area contributed by atoms with Gasteiger partial charge in [-0.05, 0) is 19.3 Å². The van der Waals surface area contributed by atoms with Crippen LogP contribution in [0.5, 0.6) is 0 Å². The highest BCUT2D eigenvalue weighted by Crippen LogP contribution is 2.23. The molecule has 0 aromatic carbocycles. The number of carbonyl (C=O) groups excluding carboxylic acids is 2. The minimum Gasteiger partial charge on any atom is -0.469 e. The molecule has 15 heavy (non-hydrogen) atoms. The Bertz CT molecular complexity index is 223. The highest BCUT2D eigenvalue weighted by molar-refractivity contribution is 5.81. The molecule has 0 radical (unpaired) electrons. The molecular formula is C12H20O3. The number of ether oxygens (including phenoxy) is 1. The lowest BCUT2D eigenvalue weighted by molar-refractivity contribution is -0.141. The Kier molecular flexibility index (Phi) is 5.37. The van der Waals surface area contributed by atoms with Gasteiger partial charge in [0, 0.05) is 18.8 Å². The maximum Gasteiger partial charge on any atom is 0.305 e. The molecule has 0 heterocycles. The van der Waals surface area contributed by atoms with Crippen LogP contribution < -0.4 is 0 Å². The molecule has 1 aliphatic rings. The van der Waals surface area contributed by atoms with Gasteiger partial charge in [0.25, 0.3) is 0 Å². The van der Waals surface area contributed by atoms with Crippen molar-refractivity contribution in [2.24, 2.45) is 5.92 Å². The fourth-order valence-corrected chi connectivity index (χ4v) is 2.11. The maximum absolute atomic E-state index is 11.7. The summed E-state index contributed by atoms with van der Waals surface area (Å²) in [7, 11) is 1.39. The molecule has 3 heteroatoms. The van der Waals surface area contributed by atoms with Crippen molar-refractivity contribution < 1.29 is 14.3 Å². The van der Waals surface area contributed by atoms with Gasteiger partial charge >= 0.3 is 5.97 Å². The van der Waals surface area contributed by atoms with Crippen LogP contribution in [0.1, 0.15) is 51.4 Å². The summed E-state index contributed by atoms with van der Waals surface area (Å²) in [5.74, 6) is 0.243. The van der Waals surface area contributed by atoms with E-state index in [0.717, 1.165) is 19.3 Å². The molecule has 0 saturated heterocycles. The van der Waals surface area contributed by atoms with Gasteiger partial charge in [-0.3, -0.25) is 9.59 Å². The Morgan fingerprint density at radius 3 is 2.80 bits per heavy atom. The molecule has 0 amide bonds. The Labute approximate surface area is 91.2 Å². The predicted octanol–water partition coefficient (Wildman–Crippen LogP) is 2.48. The molecule has 0 bridgehead atoms. The molecule has 0 aromatic heterocycles. The Hall–Kier alpha value is -0.860. The second kappa shape index (κ2) is 6.59. The van der Waals surface area contributed by atoms with Crippen molar-refractivity contribution >= 4 is 11.8 Å². The average Bonchev–Trinajstić information content (AvgIpc) is 2.22. The molecular weight excluding hydrogens is 192 g/mol. The largest absolute Gasteiger partial charge is 0.469 e. The Balaban J connectivity index is 2.35. The Morgan fingerprint density at radius 1 is 1.33 bits per heavy atom. The van der Waals surface area contributed by atoms with Crippen LogP contribution in [0.15, 0.2) is 0 Å². The summed E-state index contributed by atoms with van der Waals surface area (Å²) >= 11 is 0. The summed E-state index contributed by atoms with van der Waals surface area (Å²) in [4.78, 5) is 22.7. The van der Waals surface area contributed by atoms with Crippen LogP contribution in [-0.4, -0.2) is 18.9 Å². The second-order valence-electron chi connectivity index (χ2n) is 4.23. The van der Waals surface area contributed by atoms with Gasteiger partial charge in [0.05, 0.1) is 7.11 Å². The highest BCUT2D eigenvalue weighted by atomic mass is 16.5. The minimum atomic E-state index is -0.204. The standard InChI is InChI=1S/C12H20O3/c1-15-12(14)9-8-10-6-4-2-3-5-7-11(10)13/h10H,2-9H2,1H3. The van der Waals surface area contributed by atoms with Crippen LogP contribution >= 0.6 is 0 Å². The van der Waals surface area contributed by atoms with Gasteiger partial charge in [-0.25, -0.2) is 0 Å². The SMILES string of the molecule is COC(=O)CCC1CCCCCCC1=O. The molecule has 86 valence electrons. The molecule has 0 N–H and O–H groups in total. The van der Waals surface area contributed by atoms with Gasteiger partial charge in [0.2, 0.25) is 0 Å². The number of Topliss-reactive ketones (excluding diaryl/α,β-unsaturated/α-hetero) is 1. The third-order valence-corrected chi connectivity index (χ3v) is 3.11. The van der Waals surface area contributed by atoms with Crippen LogP contribution in [0.3, 0.4) is 0 Å². The second-order valence-corrected chi connectivity index (χ2v) is 4.23. The van der Waals surface area contributed by atoms with Gasteiger partial charge in [0.1, 0.15) is 5.78 Å². The van der Waals surface area contributed by atoms with Crippen molar-refractivity contribution in [2.75, 3.05) is 7.11 Å². The van der Waals surface area contributed by atoms with Crippen molar-refractivity contribution in [3.63, 3.8) is 0 Å². The van der Waals surface area contributed by atoms with E-state index >= 15 is 0 Å². The van der Waals surface area contributed by atoms with Crippen LogP contribution in [0.2, 0.25) is 0 Å². The van der Waals surface area contributed by atoms with E-state index in [1.165, 1.54) is 20.0 Å². The van der Waals surface area contributed by atoms with Gasteiger partial charge in [-0.1, -0.05) is 19.3 Å². The van der Waals surface area contributed by atoms with Gasteiger partial charge in [0.15, 0.2) is 0 Å². The van der Waals surface area contributed by atoms with Gasteiger partial charge in [-0.2, -0.15) is 0 Å². The molecule has 0 spiro atoms. The summed E-state index contributed by atoms with van der Waals surface area (Å²) in [5.41, 5.74) is 0. The molecule has 1 rings (SSSR count). The van der Waals surface area contributed by atoms with Crippen molar-refractivity contribution in [1.82, 2.24) is 0 Å². The van der Waals surface area contributed by atoms with Crippen molar-refractivity contribution in [3.05, 3.63) is 0 Å². The fraction of sp³-hybridized carbons (Fsp3) is 0.833. The maximum atomic E-state index is 11.7. The number of hydrogen-bond donors (Lipinski definition) is 0. The normalized spacial score (nSPS) is 23.0. The van der Waals surface area contributed by atoms with Gasteiger partial charge in [-0.15, -0.1) is 0 Å². The van der Waals surface area contributed by atoms with Crippen molar-refractivity contribution in [2.45, 2.75) is 51.4 Å². The number of rotatable bonds is 3. The number of hydrogen-bond acceptors (Lipinski definition) is 3. The summed E-state index contributed by atoms with van der Waals surface area (Å²) in [6.07, 6.45) is 7.25. The number of carbonyl (C=O) groups is 2. The quantitative estimate of drug-likeness (QED) is 0.675. The molecule has 1 saturated carbocycles. The summed E-state index contributed by atoms with van der Waals surface area (Å²) in [6, 6.07) is 0. The third kappa shape index (κ3) is 4.45. The van der Waals surface area contributed by atoms with E-state index in [0.29, 0.717) is 25.0 Å². The predicted molar refractivity (Wildman–Crippen MR) is 57.4 cm³/mol. The lowest BCUT2D eigenvalue weighted by atomic mass is 9.87. The summed E-state index contributed by atoms with van der Waals surface area (Å²) in [6.45, 7) is 0. The fourth-order valence-electron chi connectivity index (χ4n) is 2.11. The zero-order chi connectivity index (χ0) is 11.1. The summed E-state index contributed by atoms with van der Waals surface area (Å²) < 4.78 is 4.58. The Morgan fingerprint density at radius 2 is 2.07 bits per heavy atom. The monoisotopic (exact) mass is 212 g/mol. The highest BCUT2D eigenvalue weighted by Gasteiger charge is 2.20. The van der Waals surface area contributed by atoms with E-state index in [-0.39, 0.29) is 11.9 Å². The number of ketones is 1. The first-order valence-electron chi connectivity index (χ1n) is 5.83. The minimum absolute atomic E-state index is 0.101. The van der Waals surface area contributed by atoms with E-state index in [2.05, 4.69) is 4.74 Å². The van der Waals surface area contributed by atoms with Crippen LogP contribution in [0, 0.1) is 5.92 Å². The van der Waals surface area contributed by atoms with E-state index in [4.69, 9.17) is 0 Å². The average molecular weight is 212 g/mol. The van der Waals surface area contributed by atoms with Crippen molar-refractivity contribution in [3.8, 4) is 0 Å². The van der Waals surface area contributed by atoms with E-state index in [9.17, 15) is 9.59 Å². The zero-order valence-corrected chi connectivity index (χ0v) is 9.46. The first-order valence-corrected chi connectivity index (χ1v) is 5.83. The van der Waals surface area contributed by atoms with E-state index in [1.54, 1.807) is 0 Å². The molecule has 1 unspecified atom stereocenters. The van der Waals surface area contributed by atoms with E-state index in [1.807, 2.05) is 0 Å². The third-order valence-electron chi connectivity index (χ3n) is 3.11. The van der Waals surface area contributed by atoms with Crippen molar-refractivity contribution in [1.29, 1.82) is 0 Å². The summed E-state index contributed by atoms with van der Waals surface area (Å²) in [5, 5.41) is 0. The van der Waals surface area contributed by atoms with E-state index < -0.39 is 0 Å². The molecule has 1 aliphatic carbocycles. The lowest BCUT2D eigenvalue weighted by Crippen LogP contribution is -2.17. The van der Waals surface area contributed by atoms with Crippen LogP contribution in [0.25, 0.3) is 0 Å². The number of esters is 1. The first-order chi connectivity index (χ1) is 7.24. The topological polar surface area (TPSA) is 43.4 Å². The first kappa shape index (κ1) is 12.2. The van der Waals surface area contributed by atoms with Crippen LogP contribution in [0.4, 0.5) is 0 Å². The van der Waals surface area contributed by atoms with Crippen LogP contribution in [-0.2, 0) is 14.3 Å². The molecule has 0 aromatic rings. The number of methoxy groups -OCH3 is 1. The zero-order valence-electron chi connectivity index (χ0n) is 9.46. The molecule has 0 aliphatic heterocycles. The lowest BCUT2D eigenvalue weighted by Gasteiger charge is -2.17. The van der Waals surface area contributed by atoms with Gasteiger partial charge < -0.3 is 4.74 Å². The molecule has 1 fully saturated rings. The molecule has 3 nitrogen and oxygen atoms in total.